The van der Waals surface area contributed by atoms with Crippen LogP contribution in [0.2, 0.25) is 0 Å². The summed E-state index contributed by atoms with van der Waals surface area (Å²) in [6.07, 6.45) is 5.31. The van der Waals surface area contributed by atoms with Crippen molar-refractivity contribution < 1.29 is 4.74 Å². The largest absolute Gasteiger partial charge is 0.498 e. The van der Waals surface area contributed by atoms with Crippen LogP contribution in [0, 0.1) is 11.8 Å². The second-order valence-corrected chi connectivity index (χ2v) is 5.21. The van der Waals surface area contributed by atoms with Gasteiger partial charge in [-0.2, -0.15) is 0 Å². The van der Waals surface area contributed by atoms with Crippen LogP contribution >= 0.6 is 0 Å². The van der Waals surface area contributed by atoms with E-state index >= 15 is 0 Å². The quantitative estimate of drug-likeness (QED) is 0.419. The fourth-order valence-corrected chi connectivity index (χ4v) is 1.36. The molecular weight excluding hydrogens is 196 g/mol. The van der Waals surface area contributed by atoms with Gasteiger partial charge in [-0.3, -0.25) is 0 Å². The first kappa shape index (κ1) is 15.3. The van der Waals surface area contributed by atoms with Gasteiger partial charge in [-0.05, 0) is 44.1 Å². The van der Waals surface area contributed by atoms with Crippen LogP contribution in [0.1, 0.15) is 53.9 Å². The van der Waals surface area contributed by atoms with Crippen molar-refractivity contribution >= 4 is 0 Å². The van der Waals surface area contributed by atoms with E-state index in [0.717, 1.165) is 25.9 Å². The number of hydrogen-bond acceptors (Lipinski definition) is 1. The Kier molecular flexibility index (Phi) is 8.05. The molecule has 0 aliphatic rings. The minimum Gasteiger partial charge on any atom is -0.498 e. The van der Waals surface area contributed by atoms with Gasteiger partial charge in [0, 0.05) is 6.42 Å². The molecule has 1 atom stereocenters. The average molecular weight is 224 g/mol. The van der Waals surface area contributed by atoms with Crippen molar-refractivity contribution in [3.8, 4) is 0 Å². The van der Waals surface area contributed by atoms with Crippen LogP contribution in [0.3, 0.4) is 0 Å². The average Bonchev–Trinajstić information content (AvgIpc) is 2.21. The number of rotatable bonds is 8. The third kappa shape index (κ3) is 7.56. The standard InChI is InChI=1S/C15H28O/c1-7-14(6)8-9-15(13(4)5)16-11-10-12(2)3/h7,12,14H,1,8-11H2,2-6H3. The lowest BCUT2D eigenvalue weighted by molar-refractivity contribution is 0.181. The lowest BCUT2D eigenvalue weighted by Crippen LogP contribution is -2.02. The predicted molar refractivity (Wildman–Crippen MR) is 72.4 cm³/mol. The maximum atomic E-state index is 5.85. The molecule has 94 valence electrons. The molecule has 0 aliphatic carbocycles. The van der Waals surface area contributed by atoms with Gasteiger partial charge in [0.2, 0.25) is 0 Å². The first-order chi connectivity index (χ1) is 7.47. The molecule has 1 heteroatoms. The Hall–Kier alpha value is -0.720. The van der Waals surface area contributed by atoms with E-state index in [-0.39, 0.29) is 0 Å². The van der Waals surface area contributed by atoms with E-state index in [1.165, 1.54) is 11.3 Å². The van der Waals surface area contributed by atoms with E-state index in [1.54, 1.807) is 0 Å². The van der Waals surface area contributed by atoms with Crippen LogP contribution in [0.5, 0.6) is 0 Å². The molecule has 16 heavy (non-hydrogen) atoms. The molecule has 1 nitrogen and oxygen atoms in total. The molecule has 0 radical (unpaired) electrons. The second kappa shape index (κ2) is 8.43. The van der Waals surface area contributed by atoms with Crippen molar-refractivity contribution in [1.29, 1.82) is 0 Å². The Morgan fingerprint density at radius 3 is 2.25 bits per heavy atom. The summed E-state index contributed by atoms with van der Waals surface area (Å²) in [6.45, 7) is 15.6. The molecule has 0 N–H and O–H groups in total. The Morgan fingerprint density at radius 1 is 1.19 bits per heavy atom. The van der Waals surface area contributed by atoms with Gasteiger partial charge in [-0.1, -0.05) is 26.8 Å². The summed E-state index contributed by atoms with van der Waals surface area (Å²) in [6, 6.07) is 0. The minimum absolute atomic E-state index is 0.572. The Bertz CT molecular complexity index is 222. The molecule has 1 unspecified atom stereocenters. The van der Waals surface area contributed by atoms with E-state index < -0.39 is 0 Å². The maximum Gasteiger partial charge on any atom is 0.0946 e. The summed E-state index contributed by atoms with van der Waals surface area (Å²) in [4.78, 5) is 0. The van der Waals surface area contributed by atoms with Crippen LogP contribution in [-0.4, -0.2) is 6.61 Å². The van der Waals surface area contributed by atoms with Crippen LogP contribution in [0.4, 0.5) is 0 Å². The molecule has 0 aromatic heterocycles. The topological polar surface area (TPSA) is 9.23 Å². The Labute approximate surface area is 102 Å². The van der Waals surface area contributed by atoms with Crippen molar-refractivity contribution in [2.45, 2.75) is 53.9 Å². The summed E-state index contributed by atoms with van der Waals surface area (Å²) in [7, 11) is 0. The molecule has 0 aromatic rings. The summed E-state index contributed by atoms with van der Waals surface area (Å²) >= 11 is 0. The molecule has 0 aliphatic heterocycles. The van der Waals surface area contributed by atoms with Crippen molar-refractivity contribution in [2.24, 2.45) is 11.8 Å². The molecule has 0 bridgehead atoms. The zero-order valence-corrected chi connectivity index (χ0v) is 11.7. The van der Waals surface area contributed by atoms with Crippen molar-refractivity contribution in [3.05, 3.63) is 24.0 Å². The van der Waals surface area contributed by atoms with Gasteiger partial charge in [0.25, 0.3) is 0 Å². The highest BCUT2D eigenvalue weighted by Gasteiger charge is 2.05. The van der Waals surface area contributed by atoms with Gasteiger partial charge in [-0.15, -0.1) is 6.58 Å². The van der Waals surface area contributed by atoms with Gasteiger partial charge >= 0.3 is 0 Å². The van der Waals surface area contributed by atoms with Gasteiger partial charge in [0.15, 0.2) is 0 Å². The van der Waals surface area contributed by atoms with Gasteiger partial charge in [0.05, 0.1) is 12.4 Å². The Morgan fingerprint density at radius 2 is 1.81 bits per heavy atom. The first-order valence-corrected chi connectivity index (χ1v) is 6.39. The van der Waals surface area contributed by atoms with Gasteiger partial charge < -0.3 is 4.74 Å². The number of allylic oxidation sites excluding steroid dienone is 3. The van der Waals surface area contributed by atoms with E-state index in [0.29, 0.717) is 11.8 Å². The highest BCUT2D eigenvalue weighted by Crippen LogP contribution is 2.18. The molecule has 0 amide bonds. The number of ether oxygens (including phenoxy) is 1. The zero-order valence-electron chi connectivity index (χ0n) is 11.7. The first-order valence-electron chi connectivity index (χ1n) is 6.39. The summed E-state index contributed by atoms with van der Waals surface area (Å²) in [5.41, 5.74) is 1.31. The molecular formula is C15H28O. The molecule has 0 spiro atoms. The van der Waals surface area contributed by atoms with E-state index in [4.69, 9.17) is 4.74 Å². The lowest BCUT2D eigenvalue weighted by Gasteiger charge is -2.15. The summed E-state index contributed by atoms with van der Waals surface area (Å²) in [5, 5.41) is 0. The SMILES string of the molecule is C=CC(C)CCC(OCCC(C)C)=C(C)C. The van der Waals surface area contributed by atoms with E-state index in [2.05, 4.69) is 41.2 Å². The third-order valence-electron chi connectivity index (χ3n) is 2.76. The highest BCUT2D eigenvalue weighted by atomic mass is 16.5. The molecule has 0 aromatic carbocycles. The smallest absolute Gasteiger partial charge is 0.0946 e. The van der Waals surface area contributed by atoms with Crippen LogP contribution < -0.4 is 0 Å². The molecule has 0 rings (SSSR count). The maximum absolute atomic E-state index is 5.85. The fraction of sp³-hybridized carbons (Fsp3) is 0.733. The van der Waals surface area contributed by atoms with E-state index in [9.17, 15) is 0 Å². The Balaban J connectivity index is 4.01. The molecule has 0 fully saturated rings. The number of hydrogen-bond donors (Lipinski definition) is 0. The third-order valence-corrected chi connectivity index (χ3v) is 2.76. The highest BCUT2D eigenvalue weighted by molar-refractivity contribution is 5.03. The van der Waals surface area contributed by atoms with Gasteiger partial charge in [-0.25, -0.2) is 0 Å². The molecule has 0 heterocycles. The second-order valence-electron chi connectivity index (χ2n) is 5.21. The van der Waals surface area contributed by atoms with E-state index in [1.807, 2.05) is 6.08 Å². The van der Waals surface area contributed by atoms with Crippen molar-refractivity contribution in [2.75, 3.05) is 6.61 Å². The van der Waals surface area contributed by atoms with Gasteiger partial charge in [0.1, 0.15) is 0 Å². The summed E-state index contributed by atoms with van der Waals surface area (Å²) < 4.78 is 5.85. The normalized spacial score (nSPS) is 12.4. The van der Waals surface area contributed by atoms with Crippen LogP contribution in [0.25, 0.3) is 0 Å². The molecule has 0 saturated heterocycles. The predicted octanol–water partition coefficient (Wildman–Crippen LogP) is 4.95. The van der Waals surface area contributed by atoms with Crippen LogP contribution in [0.15, 0.2) is 24.0 Å². The monoisotopic (exact) mass is 224 g/mol. The fourth-order valence-electron chi connectivity index (χ4n) is 1.36. The van der Waals surface area contributed by atoms with Crippen molar-refractivity contribution in [3.63, 3.8) is 0 Å². The molecule has 0 saturated carbocycles. The minimum atomic E-state index is 0.572. The lowest BCUT2D eigenvalue weighted by atomic mass is 10.0. The summed E-state index contributed by atoms with van der Waals surface area (Å²) in [5.74, 6) is 2.46. The van der Waals surface area contributed by atoms with Crippen LogP contribution in [-0.2, 0) is 4.74 Å². The van der Waals surface area contributed by atoms with Crippen molar-refractivity contribution in [1.82, 2.24) is 0 Å². The zero-order chi connectivity index (χ0) is 12.6.